The van der Waals surface area contributed by atoms with Crippen molar-refractivity contribution < 1.29 is 9.47 Å². The van der Waals surface area contributed by atoms with E-state index in [2.05, 4.69) is 30.4 Å². The molecule has 1 aliphatic heterocycles. The first-order valence-electron chi connectivity index (χ1n) is 6.44. The maximum atomic E-state index is 5.68. The molecule has 98 valence electrons. The van der Waals surface area contributed by atoms with Gasteiger partial charge >= 0.3 is 0 Å². The van der Waals surface area contributed by atoms with Crippen molar-refractivity contribution in [3.63, 3.8) is 0 Å². The summed E-state index contributed by atoms with van der Waals surface area (Å²) in [6.07, 6.45) is 0. The van der Waals surface area contributed by atoms with Crippen molar-refractivity contribution in [2.75, 3.05) is 19.0 Å². The Hall–Kier alpha value is -2.16. The molecular formula is C16H17NO2. The highest BCUT2D eigenvalue weighted by atomic mass is 16.5. The molecule has 0 radical (unpaired) electrons. The van der Waals surface area contributed by atoms with Gasteiger partial charge in [-0.15, -0.1) is 0 Å². The number of benzene rings is 2. The predicted octanol–water partition coefficient (Wildman–Crippen LogP) is 3.56. The zero-order chi connectivity index (χ0) is 13.2. The average Bonchev–Trinajstić information content (AvgIpc) is 2.46. The zero-order valence-electron chi connectivity index (χ0n) is 11.1. The van der Waals surface area contributed by atoms with E-state index < -0.39 is 0 Å². The van der Waals surface area contributed by atoms with Gasteiger partial charge < -0.3 is 14.8 Å². The SMILES string of the molecule is COc1cccc(-c2ccc3c(c2)NC(C)CO3)c1. The molecule has 0 saturated carbocycles. The van der Waals surface area contributed by atoms with Crippen LogP contribution in [0.2, 0.25) is 0 Å². The van der Waals surface area contributed by atoms with Crippen molar-refractivity contribution in [3.05, 3.63) is 42.5 Å². The molecule has 0 spiro atoms. The van der Waals surface area contributed by atoms with Gasteiger partial charge in [0.1, 0.15) is 18.1 Å². The maximum absolute atomic E-state index is 5.68. The van der Waals surface area contributed by atoms with Gasteiger partial charge in [0.25, 0.3) is 0 Å². The summed E-state index contributed by atoms with van der Waals surface area (Å²) in [5.41, 5.74) is 3.35. The van der Waals surface area contributed by atoms with E-state index in [0.29, 0.717) is 12.6 Å². The predicted molar refractivity (Wildman–Crippen MR) is 77.0 cm³/mol. The molecule has 3 rings (SSSR count). The van der Waals surface area contributed by atoms with Crippen LogP contribution in [0.3, 0.4) is 0 Å². The van der Waals surface area contributed by atoms with Gasteiger partial charge in [-0.3, -0.25) is 0 Å². The smallest absolute Gasteiger partial charge is 0.142 e. The van der Waals surface area contributed by atoms with Crippen LogP contribution in [0.4, 0.5) is 5.69 Å². The maximum Gasteiger partial charge on any atom is 0.142 e. The van der Waals surface area contributed by atoms with E-state index in [1.807, 2.05) is 24.3 Å². The minimum absolute atomic E-state index is 0.341. The van der Waals surface area contributed by atoms with Crippen LogP contribution in [0.15, 0.2) is 42.5 Å². The lowest BCUT2D eigenvalue weighted by Crippen LogP contribution is -2.28. The van der Waals surface area contributed by atoms with Crippen LogP contribution in [0.5, 0.6) is 11.5 Å². The molecule has 1 unspecified atom stereocenters. The zero-order valence-corrected chi connectivity index (χ0v) is 11.1. The van der Waals surface area contributed by atoms with Crippen molar-refractivity contribution in [3.8, 4) is 22.6 Å². The van der Waals surface area contributed by atoms with Gasteiger partial charge in [-0.25, -0.2) is 0 Å². The number of methoxy groups -OCH3 is 1. The fraction of sp³-hybridized carbons (Fsp3) is 0.250. The molecule has 3 nitrogen and oxygen atoms in total. The van der Waals surface area contributed by atoms with Crippen LogP contribution in [-0.2, 0) is 0 Å². The molecule has 0 amide bonds. The fourth-order valence-electron chi connectivity index (χ4n) is 2.27. The largest absolute Gasteiger partial charge is 0.497 e. The van der Waals surface area contributed by atoms with Crippen LogP contribution in [-0.4, -0.2) is 19.8 Å². The summed E-state index contributed by atoms with van der Waals surface area (Å²) in [5, 5.41) is 3.44. The Balaban J connectivity index is 1.99. The lowest BCUT2D eigenvalue weighted by atomic mass is 10.0. The number of ether oxygens (including phenoxy) is 2. The van der Waals surface area contributed by atoms with Gasteiger partial charge in [0.2, 0.25) is 0 Å². The Labute approximate surface area is 113 Å². The third-order valence-corrected chi connectivity index (χ3v) is 3.27. The second-order valence-corrected chi connectivity index (χ2v) is 4.80. The lowest BCUT2D eigenvalue weighted by molar-refractivity contribution is 0.292. The van der Waals surface area contributed by atoms with Crippen molar-refractivity contribution in [2.45, 2.75) is 13.0 Å². The first-order chi connectivity index (χ1) is 9.26. The molecule has 0 aliphatic carbocycles. The van der Waals surface area contributed by atoms with Crippen molar-refractivity contribution in [2.24, 2.45) is 0 Å². The van der Waals surface area contributed by atoms with Crippen LogP contribution >= 0.6 is 0 Å². The highest BCUT2D eigenvalue weighted by molar-refractivity contribution is 5.73. The van der Waals surface area contributed by atoms with Gasteiger partial charge in [-0.2, -0.15) is 0 Å². The summed E-state index contributed by atoms with van der Waals surface area (Å²) in [6, 6.07) is 14.6. The molecule has 1 aliphatic rings. The van der Waals surface area contributed by atoms with E-state index in [9.17, 15) is 0 Å². The Morgan fingerprint density at radius 3 is 2.84 bits per heavy atom. The van der Waals surface area contributed by atoms with Crippen molar-refractivity contribution in [1.82, 2.24) is 0 Å². The number of fused-ring (bicyclic) bond motifs is 1. The van der Waals surface area contributed by atoms with Gasteiger partial charge in [-0.1, -0.05) is 18.2 Å². The Morgan fingerprint density at radius 2 is 2.00 bits per heavy atom. The molecule has 0 saturated heterocycles. The summed E-state index contributed by atoms with van der Waals surface area (Å²) in [4.78, 5) is 0. The highest BCUT2D eigenvalue weighted by Crippen LogP contribution is 2.34. The van der Waals surface area contributed by atoms with Gasteiger partial charge in [0, 0.05) is 0 Å². The molecule has 0 fully saturated rings. The standard InChI is InChI=1S/C16H17NO2/c1-11-10-19-16-7-6-13(9-15(16)17-11)12-4-3-5-14(8-12)18-2/h3-9,11,17H,10H2,1-2H3. The Kier molecular flexibility index (Phi) is 3.03. The minimum Gasteiger partial charge on any atom is -0.497 e. The van der Waals surface area contributed by atoms with Crippen LogP contribution in [0, 0.1) is 0 Å². The van der Waals surface area contributed by atoms with Crippen molar-refractivity contribution >= 4 is 5.69 Å². The average molecular weight is 255 g/mol. The van der Waals surface area contributed by atoms with E-state index in [0.717, 1.165) is 28.3 Å². The molecule has 2 aromatic carbocycles. The fourth-order valence-corrected chi connectivity index (χ4v) is 2.27. The van der Waals surface area contributed by atoms with Gasteiger partial charge in [-0.05, 0) is 42.3 Å². The van der Waals surface area contributed by atoms with Crippen LogP contribution in [0.25, 0.3) is 11.1 Å². The van der Waals surface area contributed by atoms with E-state index in [4.69, 9.17) is 9.47 Å². The summed E-state index contributed by atoms with van der Waals surface area (Å²) >= 11 is 0. The molecule has 1 heterocycles. The summed E-state index contributed by atoms with van der Waals surface area (Å²) in [6.45, 7) is 2.83. The number of hydrogen-bond acceptors (Lipinski definition) is 3. The molecule has 2 aromatic rings. The minimum atomic E-state index is 0.341. The highest BCUT2D eigenvalue weighted by Gasteiger charge is 2.15. The van der Waals surface area contributed by atoms with E-state index in [1.165, 1.54) is 0 Å². The molecule has 1 atom stereocenters. The second-order valence-electron chi connectivity index (χ2n) is 4.80. The summed E-state index contributed by atoms with van der Waals surface area (Å²) in [7, 11) is 1.68. The van der Waals surface area contributed by atoms with E-state index in [-0.39, 0.29) is 0 Å². The van der Waals surface area contributed by atoms with Crippen LogP contribution in [0.1, 0.15) is 6.92 Å². The first-order valence-corrected chi connectivity index (χ1v) is 6.44. The topological polar surface area (TPSA) is 30.5 Å². The Morgan fingerprint density at radius 1 is 1.16 bits per heavy atom. The van der Waals surface area contributed by atoms with Gasteiger partial charge in [0.05, 0.1) is 18.8 Å². The molecule has 1 N–H and O–H groups in total. The molecule has 0 bridgehead atoms. The molecule has 3 heteroatoms. The first kappa shape index (κ1) is 11.9. The summed E-state index contributed by atoms with van der Waals surface area (Å²) in [5.74, 6) is 1.79. The van der Waals surface area contributed by atoms with E-state index in [1.54, 1.807) is 7.11 Å². The third kappa shape index (κ3) is 2.36. The molecule has 0 aromatic heterocycles. The number of hydrogen-bond donors (Lipinski definition) is 1. The second kappa shape index (κ2) is 4.84. The van der Waals surface area contributed by atoms with E-state index >= 15 is 0 Å². The summed E-state index contributed by atoms with van der Waals surface area (Å²) < 4.78 is 10.9. The number of rotatable bonds is 2. The Bertz CT molecular complexity index is 595. The number of anilines is 1. The van der Waals surface area contributed by atoms with Gasteiger partial charge in [0.15, 0.2) is 0 Å². The van der Waals surface area contributed by atoms with Crippen LogP contribution < -0.4 is 14.8 Å². The van der Waals surface area contributed by atoms with Crippen molar-refractivity contribution in [1.29, 1.82) is 0 Å². The lowest BCUT2D eigenvalue weighted by Gasteiger charge is -2.25. The molecular weight excluding hydrogens is 238 g/mol. The number of nitrogens with one attached hydrogen (secondary N) is 1. The molecule has 19 heavy (non-hydrogen) atoms. The quantitative estimate of drug-likeness (QED) is 0.890. The third-order valence-electron chi connectivity index (χ3n) is 3.27. The monoisotopic (exact) mass is 255 g/mol. The normalized spacial score (nSPS) is 17.1.